The summed E-state index contributed by atoms with van der Waals surface area (Å²) in [7, 11) is 1.23. The average Bonchev–Trinajstić information content (AvgIpc) is 2.16. The molecular formula is C7H5IN2O5. The molecule has 0 saturated heterocycles. The molecule has 80 valence electrons. The first-order valence-corrected chi connectivity index (χ1v) is 4.72. The van der Waals surface area contributed by atoms with E-state index >= 15 is 0 Å². The molecule has 0 unspecified atom stereocenters. The fourth-order valence-electron chi connectivity index (χ4n) is 1.05. The molecule has 0 saturated carbocycles. The van der Waals surface area contributed by atoms with Gasteiger partial charge in [0.2, 0.25) is 5.75 Å². The van der Waals surface area contributed by atoms with Gasteiger partial charge in [-0.25, -0.2) is 0 Å². The van der Waals surface area contributed by atoms with Gasteiger partial charge >= 0.3 is 11.4 Å². The van der Waals surface area contributed by atoms with Crippen LogP contribution >= 0.6 is 22.6 Å². The smallest absolute Gasteiger partial charge is 0.388 e. The van der Waals surface area contributed by atoms with E-state index in [1.807, 2.05) is 22.6 Å². The number of rotatable bonds is 3. The summed E-state index contributed by atoms with van der Waals surface area (Å²) in [6.07, 6.45) is 0. The van der Waals surface area contributed by atoms with Gasteiger partial charge in [-0.2, -0.15) is 0 Å². The van der Waals surface area contributed by atoms with Crippen LogP contribution in [-0.4, -0.2) is 17.0 Å². The SMILES string of the molecule is COc1c(I)ccc([N+](=O)[O-])c1[N+](=O)[O-]. The highest BCUT2D eigenvalue weighted by Crippen LogP contribution is 2.39. The van der Waals surface area contributed by atoms with Crippen molar-refractivity contribution < 1.29 is 14.6 Å². The third-order valence-electron chi connectivity index (χ3n) is 1.65. The molecular weight excluding hydrogens is 319 g/mol. The van der Waals surface area contributed by atoms with Gasteiger partial charge in [0.25, 0.3) is 0 Å². The van der Waals surface area contributed by atoms with Crippen LogP contribution in [0.25, 0.3) is 0 Å². The minimum atomic E-state index is -0.820. The second-order valence-corrected chi connectivity index (χ2v) is 3.62. The molecule has 0 aliphatic carbocycles. The van der Waals surface area contributed by atoms with Crippen molar-refractivity contribution in [1.82, 2.24) is 0 Å². The minimum absolute atomic E-state index is 0.0881. The summed E-state index contributed by atoms with van der Waals surface area (Å²) in [5, 5.41) is 21.2. The van der Waals surface area contributed by atoms with Gasteiger partial charge < -0.3 is 4.74 Å². The van der Waals surface area contributed by atoms with Crippen LogP contribution in [-0.2, 0) is 0 Å². The molecule has 0 spiro atoms. The van der Waals surface area contributed by atoms with E-state index in [0.717, 1.165) is 6.07 Å². The van der Waals surface area contributed by atoms with Gasteiger partial charge in [-0.3, -0.25) is 20.2 Å². The molecule has 0 aliphatic rings. The summed E-state index contributed by atoms with van der Waals surface area (Å²) >= 11 is 1.81. The number of nitrogens with zero attached hydrogens (tertiary/aromatic N) is 2. The van der Waals surface area contributed by atoms with Gasteiger partial charge in [0.05, 0.1) is 20.5 Å². The highest BCUT2D eigenvalue weighted by Gasteiger charge is 2.31. The highest BCUT2D eigenvalue weighted by atomic mass is 127. The molecule has 0 heterocycles. The van der Waals surface area contributed by atoms with E-state index in [1.165, 1.54) is 13.2 Å². The second kappa shape index (κ2) is 4.38. The van der Waals surface area contributed by atoms with Crippen LogP contribution in [0.5, 0.6) is 5.75 Å². The summed E-state index contributed by atoms with van der Waals surface area (Å²) in [5.41, 5.74) is -1.19. The maximum absolute atomic E-state index is 10.7. The van der Waals surface area contributed by atoms with Crippen LogP contribution in [0.1, 0.15) is 0 Å². The van der Waals surface area contributed by atoms with Crippen molar-refractivity contribution in [3.63, 3.8) is 0 Å². The first-order valence-electron chi connectivity index (χ1n) is 3.64. The van der Waals surface area contributed by atoms with Crippen molar-refractivity contribution in [3.8, 4) is 5.75 Å². The van der Waals surface area contributed by atoms with Crippen LogP contribution in [0.2, 0.25) is 0 Å². The fourth-order valence-corrected chi connectivity index (χ4v) is 1.71. The summed E-state index contributed by atoms with van der Waals surface area (Å²) < 4.78 is 5.23. The standard InChI is InChI=1S/C7H5IN2O5/c1-15-7-4(8)2-3-5(9(11)12)6(7)10(13)14/h2-3H,1H3. The van der Waals surface area contributed by atoms with E-state index in [4.69, 9.17) is 4.74 Å². The third kappa shape index (κ3) is 2.14. The Morgan fingerprint density at radius 3 is 2.27 bits per heavy atom. The lowest BCUT2D eigenvalue weighted by Gasteiger charge is -2.03. The first-order chi connectivity index (χ1) is 6.99. The number of nitro groups is 2. The topological polar surface area (TPSA) is 95.5 Å². The maximum Gasteiger partial charge on any atom is 0.388 e. The lowest BCUT2D eigenvalue weighted by molar-refractivity contribution is -0.423. The molecule has 0 radical (unpaired) electrons. The molecule has 7 nitrogen and oxygen atoms in total. The van der Waals surface area contributed by atoms with Gasteiger partial charge in [0.15, 0.2) is 0 Å². The second-order valence-electron chi connectivity index (χ2n) is 2.46. The Morgan fingerprint density at radius 1 is 1.27 bits per heavy atom. The van der Waals surface area contributed by atoms with Gasteiger partial charge in [-0.05, 0) is 28.7 Å². The lowest BCUT2D eigenvalue weighted by Crippen LogP contribution is -2.00. The molecule has 0 fully saturated rings. The highest BCUT2D eigenvalue weighted by molar-refractivity contribution is 14.1. The number of methoxy groups -OCH3 is 1. The van der Waals surface area contributed by atoms with E-state index in [9.17, 15) is 20.2 Å². The molecule has 0 bridgehead atoms. The third-order valence-corrected chi connectivity index (χ3v) is 2.50. The zero-order valence-electron chi connectivity index (χ0n) is 7.47. The molecule has 8 heteroatoms. The van der Waals surface area contributed by atoms with Crippen LogP contribution < -0.4 is 4.74 Å². The molecule has 1 aromatic carbocycles. The minimum Gasteiger partial charge on any atom is -0.489 e. The number of hydrogen-bond donors (Lipinski definition) is 0. The monoisotopic (exact) mass is 324 g/mol. The van der Waals surface area contributed by atoms with E-state index in [2.05, 4.69) is 0 Å². The quantitative estimate of drug-likeness (QED) is 0.482. The predicted molar refractivity (Wildman–Crippen MR) is 59.0 cm³/mol. The molecule has 1 rings (SSSR count). The largest absolute Gasteiger partial charge is 0.489 e. The predicted octanol–water partition coefficient (Wildman–Crippen LogP) is 2.12. The van der Waals surface area contributed by atoms with Crippen LogP contribution in [0.15, 0.2) is 12.1 Å². The zero-order valence-corrected chi connectivity index (χ0v) is 9.63. The number of hydrogen-bond acceptors (Lipinski definition) is 5. The van der Waals surface area contributed by atoms with Crippen molar-refractivity contribution in [1.29, 1.82) is 0 Å². The molecule has 0 amide bonds. The van der Waals surface area contributed by atoms with Crippen molar-refractivity contribution in [2.75, 3.05) is 7.11 Å². The maximum atomic E-state index is 10.7. The molecule has 0 N–H and O–H groups in total. The Labute approximate surface area is 97.5 Å². The molecule has 15 heavy (non-hydrogen) atoms. The summed E-state index contributed by atoms with van der Waals surface area (Å²) in [6.45, 7) is 0. The van der Waals surface area contributed by atoms with E-state index in [0.29, 0.717) is 3.57 Å². The molecule has 0 aromatic heterocycles. The summed E-state index contributed by atoms with van der Waals surface area (Å²) in [5.74, 6) is -0.0881. The normalized spacial score (nSPS) is 9.73. The van der Waals surface area contributed by atoms with Crippen molar-refractivity contribution in [2.45, 2.75) is 0 Å². The number of nitro benzene ring substituents is 2. The van der Waals surface area contributed by atoms with E-state index < -0.39 is 21.2 Å². The number of halogens is 1. The number of benzene rings is 1. The average molecular weight is 324 g/mol. The van der Waals surface area contributed by atoms with E-state index in [1.54, 1.807) is 0 Å². The lowest BCUT2D eigenvalue weighted by atomic mass is 10.2. The van der Waals surface area contributed by atoms with E-state index in [-0.39, 0.29) is 5.75 Å². The Kier molecular flexibility index (Phi) is 3.39. The van der Waals surface area contributed by atoms with Crippen molar-refractivity contribution in [2.24, 2.45) is 0 Å². The van der Waals surface area contributed by atoms with Crippen LogP contribution in [0.4, 0.5) is 11.4 Å². The Hall–Kier alpha value is -1.45. The van der Waals surface area contributed by atoms with Gasteiger partial charge in [-0.15, -0.1) is 0 Å². The zero-order chi connectivity index (χ0) is 11.6. The molecule has 0 aliphatic heterocycles. The first kappa shape index (κ1) is 11.6. The van der Waals surface area contributed by atoms with Gasteiger partial charge in [0.1, 0.15) is 0 Å². The Morgan fingerprint density at radius 2 is 1.87 bits per heavy atom. The summed E-state index contributed by atoms with van der Waals surface area (Å²) in [4.78, 5) is 19.6. The summed E-state index contributed by atoms with van der Waals surface area (Å²) in [6, 6.07) is 2.48. The Balaban J connectivity index is 3.56. The van der Waals surface area contributed by atoms with Crippen LogP contribution in [0.3, 0.4) is 0 Å². The number of ether oxygens (including phenoxy) is 1. The molecule has 1 aromatic rings. The van der Waals surface area contributed by atoms with Crippen molar-refractivity contribution in [3.05, 3.63) is 35.9 Å². The Bertz CT molecular complexity index is 434. The van der Waals surface area contributed by atoms with Crippen LogP contribution in [0, 0.1) is 23.8 Å². The van der Waals surface area contributed by atoms with Crippen molar-refractivity contribution >= 4 is 34.0 Å². The van der Waals surface area contributed by atoms with Gasteiger partial charge in [0, 0.05) is 6.07 Å². The molecule has 0 atom stereocenters. The fraction of sp³-hybridized carbons (Fsp3) is 0.143. The van der Waals surface area contributed by atoms with Gasteiger partial charge in [-0.1, -0.05) is 0 Å².